The summed E-state index contributed by atoms with van der Waals surface area (Å²) >= 11 is 0. The molecule has 0 radical (unpaired) electrons. The average molecular weight is 583 g/mol. The molecule has 2 aliphatic rings. The molecule has 1 fully saturated rings. The molecule has 4 aromatic rings. The normalized spacial score (nSPS) is 17.6. The summed E-state index contributed by atoms with van der Waals surface area (Å²) in [4.78, 5) is 44.9. The number of nitrogens with zero attached hydrogens (tertiary/aromatic N) is 6. The van der Waals surface area contributed by atoms with E-state index in [0.717, 1.165) is 54.8 Å². The molecule has 2 amide bonds. The monoisotopic (exact) mass is 582 g/mol. The molecule has 0 unspecified atom stereocenters. The van der Waals surface area contributed by atoms with E-state index in [0.29, 0.717) is 63.8 Å². The number of hydrogen-bond donors (Lipinski definition) is 0. The van der Waals surface area contributed by atoms with Gasteiger partial charge in [-0.25, -0.2) is 9.97 Å². The van der Waals surface area contributed by atoms with Crippen molar-refractivity contribution < 1.29 is 19.1 Å². The summed E-state index contributed by atoms with van der Waals surface area (Å²) in [5.41, 5.74) is 2.73. The van der Waals surface area contributed by atoms with Crippen molar-refractivity contribution in [1.82, 2.24) is 29.3 Å². The Morgan fingerprint density at radius 1 is 0.791 bits per heavy atom. The van der Waals surface area contributed by atoms with Crippen molar-refractivity contribution in [2.75, 3.05) is 46.0 Å². The van der Waals surface area contributed by atoms with E-state index in [-0.39, 0.29) is 17.7 Å². The summed E-state index contributed by atoms with van der Waals surface area (Å²) < 4.78 is 13.7. The smallest absolute Gasteiger partial charge is 0.274 e. The maximum absolute atomic E-state index is 13.8. The van der Waals surface area contributed by atoms with Crippen LogP contribution in [0.5, 0.6) is 5.75 Å². The van der Waals surface area contributed by atoms with Gasteiger partial charge in [-0.2, -0.15) is 0 Å². The largest absolute Gasteiger partial charge is 0.494 e. The molecule has 0 aliphatic carbocycles. The van der Waals surface area contributed by atoms with Crippen molar-refractivity contribution in [2.24, 2.45) is 5.92 Å². The molecule has 2 aromatic heterocycles. The van der Waals surface area contributed by atoms with Crippen molar-refractivity contribution in [2.45, 2.75) is 38.6 Å². The van der Waals surface area contributed by atoms with E-state index in [9.17, 15) is 9.59 Å². The fourth-order valence-electron chi connectivity index (χ4n) is 5.83. The van der Waals surface area contributed by atoms with E-state index in [1.54, 1.807) is 12.4 Å². The minimum Gasteiger partial charge on any atom is -0.494 e. The molecule has 0 saturated carbocycles. The molecule has 0 N–H and O–H groups in total. The second kappa shape index (κ2) is 13.8. The van der Waals surface area contributed by atoms with Crippen molar-refractivity contribution in [3.63, 3.8) is 0 Å². The Labute approximate surface area is 251 Å². The first-order valence-corrected chi connectivity index (χ1v) is 15.3. The molecule has 43 heavy (non-hydrogen) atoms. The molecule has 6 rings (SSSR count). The highest BCUT2D eigenvalue weighted by Crippen LogP contribution is 2.24. The predicted molar refractivity (Wildman–Crippen MR) is 163 cm³/mol. The third-order valence-electron chi connectivity index (χ3n) is 8.20. The molecule has 10 nitrogen and oxygen atoms in total. The molecule has 0 spiro atoms. The standard InChI is InChI=1S/C33H38N6O4/c40-32(25-11-21-42-22-12-25)38-14-3-4-15-39(33(41)30-24-35-28-9-1-2-10-29(28)36-30)19-18-37-17-13-34-31(37)26-7-5-8-27(23-26)43-20-6-16-38/h1-2,5,7-10,13,17,23-25H,3-4,6,11-12,14-16,18-22H2. The van der Waals surface area contributed by atoms with Crippen LogP contribution >= 0.6 is 0 Å². The van der Waals surface area contributed by atoms with Gasteiger partial charge >= 0.3 is 0 Å². The van der Waals surface area contributed by atoms with Crippen LogP contribution in [0.25, 0.3) is 22.4 Å². The molecule has 2 aliphatic heterocycles. The average Bonchev–Trinajstić information content (AvgIpc) is 3.53. The SMILES string of the molecule is O=C(c1cnc2ccccc2n1)N1CCCCN(C(=O)C2CCOCC2)CCCOc2cccc(c2)-c2nccn2CC1. The van der Waals surface area contributed by atoms with E-state index < -0.39 is 0 Å². The minimum atomic E-state index is -0.150. The Morgan fingerprint density at radius 3 is 2.44 bits per heavy atom. The van der Waals surface area contributed by atoms with Crippen LogP contribution in [-0.2, 0) is 16.1 Å². The van der Waals surface area contributed by atoms with Crippen LogP contribution in [0.3, 0.4) is 0 Å². The Kier molecular flexibility index (Phi) is 9.22. The number of benzene rings is 2. The maximum Gasteiger partial charge on any atom is 0.274 e. The van der Waals surface area contributed by atoms with E-state index in [1.165, 1.54) is 0 Å². The predicted octanol–water partition coefficient (Wildman–Crippen LogP) is 4.45. The van der Waals surface area contributed by atoms with Crippen LogP contribution in [-0.4, -0.2) is 87.1 Å². The van der Waals surface area contributed by atoms with Gasteiger partial charge in [0.1, 0.15) is 17.3 Å². The highest BCUT2D eigenvalue weighted by atomic mass is 16.5. The number of fused-ring (bicyclic) bond motifs is 5. The van der Waals surface area contributed by atoms with Gasteiger partial charge in [-0.3, -0.25) is 14.6 Å². The Morgan fingerprint density at radius 2 is 1.58 bits per heavy atom. The number of aromatic nitrogens is 4. The fraction of sp³-hybridized carbons (Fsp3) is 0.424. The first-order chi connectivity index (χ1) is 21.2. The maximum atomic E-state index is 13.8. The lowest BCUT2D eigenvalue weighted by molar-refractivity contribution is -0.138. The van der Waals surface area contributed by atoms with E-state index in [2.05, 4.69) is 19.5 Å². The molecule has 224 valence electrons. The number of carbonyl (C=O) groups excluding carboxylic acids is 2. The van der Waals surface area contributed by atoms with Gasteiger partial charge in [0.25, 0.3) is 5.91 Å². The number of para-hydroxylation sites is 2. The van der Waals surface area contributed by atoms with Crippen LogP contribution in [0.2, 0.25) is 0 Å². The van der Waals surface area contributed by atoms with E-state index >= 15 is 0 Å². The van der Waals surface area contributed by atoms with Gasteiger partial charge in [0.05, 0.1) is 23.8 Å². The van der Waals surface area contributed by atoms with Crippen LogP contribution < -0.4 is 4.74 Å². The van der Waals surface area contributed by atoms with Crippen molar-refractivity contribution in [3.05, 3.63) is 72.8 Å². The molecule has 10 heteroatoms. The summed E-state index contributed by atoms with van der Waals surface area (Å²) in [7, 11) is 0. The second-order valence-corrected chi connectivity index (χ2v) is 11.1. The Bertz CT molecular complexity index is 1550. The highest BCUT2D eigenvalue weighted by molar-refractivity contribution is 5.93. The van der Waals surface area contributed by atoms with Crippen molar-refractivity contribution in [3.8, 4) is 17.1 Å². The first kappa shape index (κ1) is 28.8. The topological polar surface area (TPSA) is 103 Å². The summed E-state index contributed by atoms with van der Waals surface area (Å²) in [6.07, 6.45) is 9.11. The first-order valence-electron chi connectivity index (χ1n) is 15.3. The Hall–Kier alpha value is -4.31. The van der Waals surface area contributed by atoms with Gasteiger partial charge in [0.2, 0.25) is 5.91 Å². The molecule has 4 heterocycles. The van der Waals surface area contributed by atoms with Gasteiger partial charge in [-0.1, -0.05) is 24.3 Å². The van der Waals surface area contributed by atoms with Crippen LogP contribution in [0, 0.1) is 5.92 Å². The van der Waals surface area contributed by atoms with Crippen LogP contribution in [0.4, 0.5) is 0 Å². The van der Waals surface area contributed by atoms with Crippen molar-refractivity contribution >= 4 is 22.8 Å². The molecule has 2 aromatic carbocycles. The lowest BCUT2D eigenvalue weighted by Gasteiger charge is -2.30. The lowest BCUT2D eigenvalue weighted by atomic mass is 9.98. The van der Waals surface area contributed by atoms with Crippen LogP contribution in [0.1, 0.15) is 42.6 Å². The zero-order chi connectivity index (χ0) is 29.4. The van der Waals surface area contributed by atoms with E-state index in [1.807, 2.05) is 64.5 Å². The van der Waals surface area contributed by atoms with Gasteiger partial charge in [0.15, 0.2) is 0 Å². The number of amides is 2. The van der Waals surface area contributed by atoms with E-state index in [4.69, 9.17) is 9.47 Å². The summed E-state index contributed by atoms with van der Waals surface area (Å²) in [5.74, 6) is 1.65. The molecule has 0 atom stereocenters. The Balaban J connectivity index is 1.24. The van der Waals surface area contributed by atoms with Gasteiger partial charge in [0, 0.05) is 69.8 Å². The number of rotatable bonds is 2. The zero-order valence-corrected chi connectivity index (χ0v) is 24.4. The molecular formula is C33H38N6O4. The van der Waals surface area contributed by atoms with Gasteiger partial charge in [-0.15, -0.1) is 0 Å². The van der Waals surface area contributed by atoms with Crippen molar-refractivity contribution in [1.29, 1.82) is 0 Å². The molecule has 1 saturated heterocycles. The zero-order valence-electron chi connectivity index (χ0n) is 24.4. The summed E-state index contributed by atoms with van der Waals surface area (Å²) in [5, 5.41) is 0. The number of ether oxygens (including phenoxy) is 2. The second-order valence-electron chi connectivity index (χ2n) is 11.1. The fourth-order valence-corrected chi connectivity index (χ4v) is 5.83. The summed E-state index contributed by atoms with van der Waals surface area (Å²) in [6, 6.07) is 15.5. The third-order valence-corrected chi connectivity index (χ3v) is 8.20. The summed E-state index contributed by atoms with van der Waals surface area (Å²) in [6.45, 7) is 4.68. The molecular weight excluding hydrogens is 544 g/mol. The minimum absolute atomic E-state index is 0.00676. The van der Waals surface area contributed by atoms with Gasteiger partial charge in [-0.05, 0) is 56.4 Å². The highest BCUT2D eigenvalue weighted by Gasteiger charge is 2.26. The van der Waals surface area contributed by atoms with Crippen LogP contribution in [0.15, 0.2) is 67.1 Å². The number of imidazole rings is 1. The molecule has 2 bridgehead atoms. The van der Waals surface area contributed by atoms with Gasteiger partial charge < -0.3 is 23.8 Å². The number of hydrogen-bond acceptors (Lipinski definition) is 7. The quantitative estimate of drug-likeness (QED) is 0.344. The third kappa shape index (κ3) is 7.02. The number of carbonyl (C=O) groups is 2. The lowest BCUT2D eigenvalue weighted by Crippen LogP contribution is -2.40.